The van der Waals surface area contributed by atoms with Gasteiger partial charge in [0.15, 0.2) is 0 Å². The molecule has 28 rings (SSSR count). The van der Waals surface area contributed by atoms with Crippen molar-refractivity contribution in [3.63, 3.8) is 0 Å². The Hall–Kier alpha value is -16.4. The second kappa shape index (κ2) is 27.5. The van der Waals surface area contributed by atoms with Crippen molar-refractivity contribution in [2.75, 3.05) is 39.2 Å². The van der Waals surface area contributed by atoms with E-state index in [1.165, 1.54) is 167 Å². The average molecular weight is 1620 g/mol. The van der Waals surface area contributed by atoms with Gasteiger partial charge < -0.3 is 39.2 Å². The molecule has 0 fully saturated rings. The van der Waals surface area contributed by atoms with Crippen LogP contribution < -0.4 is 105 Å². The molecule has 0 saturated carbocycles. The van der Waals surface area contributed by atoms with E-state index in [1.807, 2.05) is 0 Å². The van der Waals surface area contributed by atoms with E-state index in [1.54, 1.807) is 0 Å². The maximum Gasteiger partial charge on any atom is 0.252 e. The molecule has 20 aromatic carbocycles. The van der Waals surface area contributed by atoms with Crippen molar-refractivity contribution in [2.45, 2.75) is 0 Å². The van der Waals surface area contributed by atoms with E-state index in [0.29, 0.717) is 0 Å². The summed E-state index contributed by atoms with van der Waals surface area (Å²) in [6.07, 6.45) is 0. The van der Waals surface area contributed by atoms with Gasteiger partial charge in [-0.05, 0) is 269 Å². The topological polar surface area (TPSA) is 25.9 Å². The molecule has 0 radical (unpaired) electrons. The number of hydrogen-bond acceptors (Lipinski definition) is 8. The van der Waals surface area contributed by atoms with Crippen LogP contribution in [0.15, 0.2) is 449 Å². The summed E-state index contributed by atoms with van der Waals surface area (Å²) in [6, 6.07) is 169. The van der Waals surface area contributed by atoms with Gasteiger partial charge in [0.25, 0.3) is 26.9 Å². The smallest absolute Gasteiger partial charge is 0.252 e. The molecule has 128 heavy (non-hydrogen) atoms. The van der Waals surface area contributed by atoms with Crippen molar-refractivity contribution >= 4 is 250 Å². The Balaban J connectivity index is 0.591. The third kappa shape index (κ3) is 9.99. The Morgan fingerprint density at radius 2 is 0.320 bits per heavy atom. The molecule has 8 nitrogen and oxygen atoms in total. The predicted octanol–water partition coefficient (Wildman–Crippen LogP) is 22.0. The van der Waals surface area contributed by atoms with Crippen LogP contribution in [0.3, 0.4) is 0 Å². The third-order valence-electron chi connectivity index (χ3n) is 28.5. The van der Waals surface area contributed by atoms with Crippen LogP contribution in [0, 0.1) is 0 Å². The molecule has 0 N–H and O–H groups in total. The lowest BCUT2D eigenvalue weighted by molar-refractivity contribution is 1.25. The lowest BCUT2D eigenvalue weighted by Crippen LogP contribution is -2.63. The van der Waals surface area contributed by atoms with Gasteiger partial charge in [0.05, 0.1) is 0 Å². The van der Waals surface area contributed by atoms with Crippen molar-refractivity contribution in [3.8, 4) is 11.1 Å². The second-order valence-electron chi connectivity index (χ2n) is 34.8. The molecule has 8 aliphatic heterocycles. The van der Waals surface area contributed by atoms with E-state index in [-0.39, 0.29) is 26.9 Å². The minimum atomic E-state index is -0.125. The molecule has 0 saturated heterocycles. The fourth-order valence-electron chi connectivity index (χ4n) is 23.6. The first-order valence-corrected chi connectivity index (χ1v) is 44.6. The standard InChI is InChI=1S/C116H74B4N8/c1-7-31-77(32-8-1)121-95-47-23-19-43-89(95)117-93-71-68-88-87(115(93)127(82-41-17-6-18-42-82)105-57-29-51-99(121)111(105)117)67-72-94-116(88)128(106-58-30-52-100-112(106)118(94)90-44-20-24-48-96(90)122(100)78-33-9-2-10-34-78)84-65-61-76(62-66-84)75-59-63-83(64-60-75)124-98-50-26-22-46-92(98)120-110-86-70-73-107-109(85(86)69-74-108(110)126(81-39-15-5-16-40-81)104-56-28-54-102(124)114(104)120)119-91-45-21-25-49-97(91)123(79-35-11-3-12-36-79)101-53-27-55-103(113(101)119)125(107)80-37-13-4-14-38-80/h1-74H. The molecule has 8 heterocycles. The van der Waals surface area contributed by atoms with Gasteiger partial charge in [-0.2, -0.15) is 0 Å². The fourth-order valence-corrected chi connectivity index (χ4v) is 23.6. The van der Waals surface area contributed by atoms with Gasteiger partial charge in [-0.3, -0.25) is 0 Å². The van der Waals surface area contributed by atoms with Gasteiger partial charge in [0.1, 0.15) is 0 Å². The Morgan fingerprint density at radius 1 is 0.117 bits per heavy atom. The third-order valence-corrected chi connectivity index (χ3v) is 28.5. The van der Waals surface area contributed by atoms with Crippen LogP contribution in [-0.2, 0) is 0 Å². The fraction of sp³-hybridized carbons (Fsp3) is 0. The Morgan fingerprint density at radius 3 is 0.617 bits per heavy atom. The maximum atomic E-state index is 2.61. The first kappa shape index (κ1) is 71.0. The number of rotatable bonds is 9. The van der Waals surface area contributed by atoms with Gasteiger partial charge in [0.2, 0.25) is 0 Å². The molecule has 8 aliphatic rings. The summed E-state index contributed by atoms with van der Waals surface area (Å²) in [5, 5.41) is 4.89. The molecule has 0 bridgehead atoms. The number of hydrogen-bond donors (Lipinski definition) is 0. The second-order valence-corrected chi connectivity index (χ2v) is 34.8. The van der Waals surface area contributed by atoms with Crippen LogP contribution in [0.5, 0.6) is 0 Å². The van der Waals surface area contributed by atoms with Gasteiger partial charge in [-0.15, -0.1) is 0 Å². The lowest BCUT2D eigenvalue weighted by atomic mass is 9.31. The van der Waals surface area contributed by atoms with Crippen LogP contribution in [0.2, 0.25) is 0 Å². The number of fused-ring (bicyclic) bond motifs is 22. The van der Waals surface area contributed by atoms with E-state index in [2.05, 4.69) is 488 Å². The highest BCUT2D eigenvalue weighted by molar-refractivity contribution is 7.04. The summed E-state index contributed by atoms with van der Waals surface area (Å²) in [5.41, 5.74) is 45.6. The molecule has 0 aliphatic carbocycles. The quantitative estimate of drug-likeness (QED) is 0.132. The largest absolute Gasteiger partial charge is 0.311 e. The number of benzene rings is 20. The van der Waals surface area contributed by atoms with Crippen molar-refractivity contribution in [2.24, 2.45) is 0 Å². The Kier molecular flexibility index (Phi) is 15.3. The zero-order valence-corrected chi connectivity index (χ0v) is 69.6. The first-order valence-electron chi connectivity index (χ1n) is 44.6. The highest BCUT2D eigenvalue weighted by Crippen LogP contribution is 2.54. The van der Waals surface area contributed by atoms with Crippen LogP contribution in [0.25, 0.3) is 32.7 Å². The van der Waals surface area contributed by atoms with Gasteiger partial charge >= 0.3 is 0 Å². The molecule has 20 aromatic rings. The van der Waals surface area contributed by atoms with Crippen molar-refractivity contribution in [3.05, 3.63) is 449 Å². The first-order chi connectivity index (χ1) is 63.6. The molecule has 0 aromatic heterocycles. The van der Waals surface area contributed by atoms with Gasteiger partial charge in [-0.1, -0.05) is 267 Å². The van der Waals surface area contributed by atoms with Crippen LogP contribution >= 0.6 is 0 Å². The molecular formula is C116H74B4N8. The molecule has 12 heteroatoms. The molecule has 0 unspecified atom stereocenters. The summed E-state index contributed by atoms with van der Waals surface area (Å²) >= 11 is 0. The maximum absolute atomic E-state index is 2.61. The highest BCUT2D eigenvalue weighted by Gasteiger charge is 2.51. The van der Waals surface area contributed by atoms with E-state index >= 15 is 0 Å². The zero-order chi connectivity index (χ0) is 83.5. The Bertz CT molecular complexity index is 8010. The molecular weight excluding hydrogens is 1550 g/mol. The summed E-state index contributed by atoms with van der Waals surface area (Å²) < 4.78 is 0. The number of nitrogens with zero attached hydrogens (tertiary/aromatic N) is 8. The summed E-state index contributed by atoms with van der Waals surface area (Å²) in [6.45, 7) is -0.326. The zero-order valence-electron chi connectivity index (χ0n) is 69.6. The van der Waals surface area contributed by atoms with E-state index in [9.17, 15) is 0 Å². The van der Waals surface area contributed by atoms with E-state index in [4.69, 9.17) is 0 Å². The number of anilines is 24. The monoisotopic (exact) mass is 1620 g/mol. The molecule has 590 valence electrons. The average Bonchev–Trinajstić information content (AvgIpc) is 0.688. The van der Waals surface area contributed by atoms with E-state index in [0.717, 1.165) is 68.0 Å². The summed E-state index contributed by atoms with van der Waals surface area (Å²) in [5.74, 6) is 0. The minimum absolute atomic E-state index is 0.0467. The summed E-state index contributed by atoms with van der Waals surface area (Å²) in [7, 11) is 0. The number of para-hydroxylation sites is 10. The molecule has 0 amide bonds. The van der Waals surface area contributed by atoms with Crippen molar-refractivity contribution < 1.29 is 0 Å². The predicted molar refractivity (Wildman–Crippen MR) is 543 cm³/mol. The van der Waals surface area contributed by atoms with Crippen molar-refractivity contribution in [1.29, 1.82) is 0 Å². The van der Waals surface area contributed by atoms with Crippen LogP contribution in [0.1, 0.15) is 0 Å². The molecule has 0 atom stereocenters. The van der Waals surface area contributed by atoms with Crippen molar-refractivity contribution in [1.82, 2.24) is 0 Å². The summed E-state index contributed by atoms with van der Waals surface area (Å²) in [4.78, 5) is 20.2. The lowest BCUT2D eigenvalue weighted by Gasteiger charge is -2.46. The van der Waals surface area contributed by atoms with Crippen LogP contribution in [-0.4, -0.2) is 26.9 Å². The van der Waals surface area contributed by atoms with E-state index < -0.39 is 0 Å². The van der Waals surface area contributed by atoms with Gasteiger partial charge in [-0.25, -0.2) is 0 Å². The molecule has 0 spiro atoms. The normalized spacial score (nSPS) is 13.9. The Labute approximate surface area is 744 Å². The van der Waals surface area contributed by atoms with Crippen LogP contribution in [0.4, 0.5) is 136 Å². The van der Waals surface area contributed by atoms with Gasteiger partial charge in [0, 0.05) is 147 Å². The minimum Gasteiger partial charge on any atom is -0.311 e. The SMILES string of the molecule is c1ccc(N2c3ccccc3B3c4c2cccc4N(c2ccccc2)c2ccc4c5c(ccc4c23)N(c2ccccc2)c2cccc3c2B5c2ccccc2N3c2ccc(-c3ccc(N4c5cccc6c5B(c5ccccc5N6c5ccccc5)c5ccc6c7c(ccc6c54)B4c5ccccc5N(c5ccccc5)c5cccc(c54)N7c4ccccc4)cc3)cc2)cc1. The highest BCUT2D eigenvalue weighted by atomic mass is 15.2.